The fourth-order valence-electron chi connectivity index (χ4n) is 1.68. The molecule has 1 saturated heterocycles. The Hall–Kier alpha value is -1.53. The second-order valence-electron chi connectivity index (χ2n) is 4.32. The number of benzene rings is 1. The van der Waals surface area contributed by atoms with Crippen molar-refractivity contribution in [3.63, 3.8) is 0 Å². The molecule has 0 bridgehead atoms. The van der Waals surface area contributed by atoms with Gasteiger partial charge in [-0.2, -0.15) is 13.1 Å². The molecule has 0 unspecified atom stereocenters. The molecule has 1 amide bonds. The van der Waals surface area contributed by atoms with Gasteiger partial charge in [0.15, 0.2) is 0 Å². The number of hydrogen-bond acceptors (Lipinski definition) is 7. The summed E-state index contributed by atoms with van der Waals surface area (Å²) in [6.07, 6.45) is -0.142. The standard InChI is InChI=1S/C10H12N2O7S2/c1-20(14,15)12-8(9(11)13)6-2-4-7(5-3-6)10-18-21(16,17)19-10/h2-5,8,10,12H,1H3,(H2,11,13)/t8-/m0/s1. The van der Waals surface area contributed by atoms with Gasteiger partial charge in [0.05, 0.1) is 6.26 Å². The third-order valence-corrected chi connectivity index (χ3v) is 4.05. The molecule has 1 fully saturated rings. The lowest BCUT2D eigenvalue weighted by molar-refractivity contribution is -0.119. The van der Waals surface area contributed by atoms with E-state index < -0.39 is 38.7 Å². The topological polar surface area (TPSA) is 142 Å². The van der Waals surface area contributed by atoms with Gasteiger partial charge in [0, 0.05) is 5.56 Å². The molecule has 11 heteroatoms. The molecule has 116 valence electrons. The molecule has 0 aliphatic carbocycles. The number of nitrogens with one attached hydrogen (secondary N) is 1. The van der Waals surface area contributed by atoms with E-state index in [9.17, 15) is 21.6 Å². The Bertz CT molecular complexity index is 743. The first-order chi connectivity index (χ1) is 9.57. The maximum absolute atomic E-state index is 11.3. The zero-order chi connectivity index (χ0) is 15.8. The fraction of sp³-hybridized carbons (Fsp3) is 0.300. The van der Waals surface area contributed by atoms with E-state index in [0.717, 1.165) is 6.26 Å². The van der Waals surface area contributed by atoms with Crippen molar-refractivity contribution < 1.29 is 30.0 Å². The van der Waals surface area contributed by atoms with Gasteiger partial charge in [-0.1, -0.05) is 24.3 Å². The van der Waals surface area contributed by atoms with Gasteiger partial charge in [-0.05, 0) is 5.56 Å². The molecule has 0 radical (unpaired) electrons. The van der Waals surface area contributed by atoms with Crippen molar-refractivity contribution in [3.05, 3.63) is 35.4 Å². The predicted molar refractivity (Wildman–Crippen MR) is 70.2 cm³/mol. The summed E-state index contributed by atoms with van der Waals surface area (Å²) in [5.74, 6) is -0.869. The largest absolute Gasteiger partial charge is 0.405 e. The summed E-state index contributed by atoms with van der Waals surface area (Å²) in [5, 5.41) is 0. The van der Waals surface area contributed by atoms with E-state index in [-0.39, 0.29) is 0 Å². The van der Waals surface area contributed by atoms with Crippen molar-refractivity contribution in [2.24, 2.45) is 5.73 Å². The summed E-state index contributed by atoms with van der Waals surface area (Å²) in [4.78, 5) is 11.3. The van der Waals surface area contributed by atoms with Crippen LogP contribution in [0, 0.1) is 0 Å². The zero-order valence-corrected chi connectivity index (χ0v) is 12.3. The van der Waals surface area contributed by atoms with Gasteiger partial charge in [0.2, 0.25) is 22.2 Å². The van der Waals surface area contributed by atoms with Crippen LogP contribution in [0.1, 0.15) is 23.5 Å². The second-order valence-corrected chi connectivity index (χ2v) is 7.31. The molecule has 9 nitrogen and oxygen atoms in total. The highest BCUT2D eigenvalue weighted by Crippen LogP contribution is 2.33. The van der Waals surface area contributed by atoms with Crippen LogP contribution in [-0.4, -0.2) is 29.0 Å². The Morgan fingerprint density at radius 2 is 1.81 bits per heavy atom. The minimum Gasteiger partial charge on any atom is -0.368 e. The smallest absolute Gasteiger partial charge is 0.368 e. The molecular formula is C10H12N2O7S2. The minimum atomic E-state index is -3.91. The van der Waals surface area contributed by atoms with Crippen molar-refractivity contribution >= 4 is 26.3 Å². The number of sulfonamides is 1. The molecule has 2 rings (SSSR count). The van der Waals surface area contributed by atoms with E-state index in [4.69, 9.17) is 5.73 Å². The van der Waals surface area contributed by atoms with Crippen molar-refractivity contribution in [3.8, 4) is 0 Å². The molecule has 0 saturated carbocycles. The summed E-state index contributed by atoms with van der Waals surface area (Å²) in [6, 6.07) is 4.49. The SMILES string of the molecule is CS(=O)(=O)N[C@H](C(N)=O)c1ccc(C2OS(=O)(=O)O2)cc1. The van der Waals surface area contributed by atoms with Crippen molar-refractivity contribution in [2.45, 2.75) is 12.3 Å². The number of carbonyl (C=O) groups excluding carboxylic acids is 1. The third-order valence-electron chi connectivity index (χ3n) is 2.57. The van der Waals surface area contributed by atoms with E-state index in [1.54, 1.807) is 0 Å². The van der Waals surface area contributed by atoms with Gasteiger partial charge < -0.3 is 5.73 Å². The van der Waals surface area contributed by atoms with E-state index >= 15 is 0 Å². The van der Waals surface area contributed by atoms with E-state index in [1.165, 1.54) is 24.3 Å². The number of hydrogen-bond donors (Lipinski definition) is 2. The molecule has 3 N–H and O–H groups in total. The summed E-state index contributed by atoms with van der Waals surface area (Å²) < 4.78 is 54.9. The van der Waals surface area contributed by atoms with Gasteiger partial charge in [0.25, 0.3) is 0 Å². The average Bonchev–Trinajstić information content (AvgIpc) is 2.32. The molecule has 21 heavy (non-hydrogen) atoms. The highest BCUT2D eigenvalue weighted by molar-refractivity contribution is 7.88. The lowest BCUT2D eigenvalue weighted by Gasteiger charge is -2.25. The molecule has 1 atom stereocenters. The Labute approximate surface area is 121 Å². The first-order valence-electron chi connectivity index (χ1n) is 5.55. The number of primary amides is 1. The van der Waals surface area contributed by atoms with Crippen molar-refractivity contribution in [1.29, 1.82) is 0 Å². The van der Waals surface area contributed by atoms with Gasteiger partial charge in [-0.25, -0.2) is 16.8 Å². The Kier molecular flexibility index (Phi) is 4.04. The van der Waals surface area contributed by atoms with Crippen LogP contribution < -0.4 is 10.5 Å². The quantitative estimate of drug-likeness (QED) is 0.706. The number of carbonyl (C=O) groups is 1. The molecule has 0 spiro atoms. The van der Waals surface area contributed by atoms with Crippen LogP contribution in [0.5, 0.6) is 0 Å². The lowest BCUT2D eigenvalue weighted by atomic mass is 10.1. The van der Waals surface area contributed by atoms with Crippen molar-refractivity contribution in [1.82, 2.24) is 4.72 Å². The van der Waals surface area contributed by atoms with E-state index in [1.807, 2.05) is 0 Å². The van der Waals surface area contributed by atoms with E-state index in [0.29, 0.717) is 11.1 Å². The van der Waals surface area contributed by atoms with Crippen LogP contribution >= 0.6 is 0 Å². The van der Waals surface area contributed by atoms with Crippen LogP contribution in [0.2, 0.25) is 0 Å². The van der Waals surface area contributed by atoms with E-state index in [2.05, 4.69) is 13.1 Å². The van der Waals surface area contributed by atoms with Crippen LogP contribution in [0.4, 0.5) is 0 Å². The predicted octanol–water partition coefficient (Wildman–Crippen LogP) is -0.948. The van der Waals surface area contributed by atoms with Crippen molar-refractivity contribution in [2.75, 3.05) is 6.26 Å². The first kappa shape index (κ1) is 15.9. The van der Waals surface area contributed by atoms with Gasteiger partial charge in [-0.3, -0.25) is 4.79 Å². The molecule has 1 aliphatic heterocycles. The maximum Gasteiger partial charge on any atom is 0.405 e. The number of amides is 1. The summed E-state index contributed by atoms with van der Waals surface area (Å²) in [7, 11) is -7.54. The summed E-state index contributed by atoms with van der Waals surface area (Å²) >= 11 is 0. The van der Waals surface area contributed by atoms with Crippen LogP contribution in [-0.2, 0) is 33.6 Å². The monoisotopic (exact) mass is 336 g/mol. The van der Waals surface area contributed by atoms with Gasteiger partial charge in [-0.15, -0.1) is 0 Å². The molecule has 1 heterocycles. The Balaban J connectivity index is 2.18. The highest BCUT2D eigenvalue weighted by Gasteiger charge is 2.37. The normalized spacial score (nSPS) is 19.7. The molecule has 1 aromatic carbocycles. The molecule has 1 aromatic rings. The Morgan fingerprint density at radius 1 is 1.29 bits per heavy atom. The second kappa shape index (κ2) is 5.35. The third kappa shape index (κ3) is 3.98. The average molecular weight is 336 g/mol. The molecule has 0 aromatic heterocycles. The lowest BCUT2D eigenvalue weighted by Crippen LogP contribution is -2.37. The number of nitrogens with two attached hydrogens (primary N) is 1. The summed E-state index contributed by atoms with van der Waals surface area (Å²) in [6.45, 7) is 0. The molecular weight excluding hydrogens is 324 g/mol. The highest BCUT2D eigenvalue weighted by atomic mass is 32.3. The van der Waals surface area contributed by atoms with Gasteiger partial charge in [0.1, 0.15) is 6.04 Å². The molecule has 1 aliphatic rings. The maximum atomic E-state index is 11.3. The fourth-order valence-corrected chi connectivity index (χ4v) is 3.03. The zero-order valence-electron chi connectivity index (χ0n) is 10.7. The minimum absolute atomic E-state index is 0.304. The summed E-state index contributed by atoms with van der Waals surface area (Å²) in [5.41, 5.74) is 5.86. The Morgan fingerprint density at radius 3 is 2.19 bits per heavy atom. The van der Waals surface area contributed by atoms with Gasteiger partial charge >= 0.3 is 10.4 Å². The van der Waals surface area contributed by atoms with Crippen LogP contribution in [0.15, 0.2) is 24.3 Å². The first-order valence-corrected chi connectivity index (χ1v) is 8.78. The number of rotatable bonds is 5. The van der Waals surface area contributed by atoms with Crippen LogP contribution in [0.3, 0.4) is 0 Å². The van der Waals surface area contributed by atoms with Crippen LogP contribution in [0.25, 0.3) is 0 Å².